The second-order valence-corrected chi connectivity index (χ2v) is 7.37. The van der Waals surface area contributed by atoms with Gasteiger partial charge in [-0.15, -0.1) is 0 Å². The van der Waals surface area contributed by atoms with Gasteiger partial charge in [-0.05, 0) is 0 Å². The summed E-state index contributed by atoms with van der Waals surface area (Å²) in [5.41, 5.74) is 6.60. The van der Waals surface area contributed by atoms with Gasteiger partial charge in [-0.2, -0.15) is 0 Å². The van der Waals surface area contributed by atoms with E-state index in [-0.39, 0.29) is 0 Å². The van der Waals surface area contributed by atoms with Crippen molar-refractivity contribution in [3.8, 4) is 11.1 Å². The first kappa shape index (κ1) is 13.9. The Labute approximate surface area is 144 Å². The second kappa shape index (κ2) is 5.17. The van der Waals surface area contributed by atoms with E-state index < -0.39 is 0 Å². The van der Waals surface area contributed by atoms with Gasteiger partial charge >= 0.3 is 144 Å². The Hall–Kier alpha value is -1.73. The molecule has 0 fully saturated rings. The summed E-state index contributed by atoms with van der Waals surface area (Å²) in [6, 6.07) is 16.9. The van der Waals surface area contributed by atoms with Gasteiger partial charge in [0.1, 0.15) is 0 Å². The van der Waals surface area contributed by atoms with E-state index in [0.29, 0.717) is 0 Å². The molecule has 0 aliphatic carbocycles. The van der Waals surface area contributed by atoms with Gasteiger partial charge in [-0.3, -0.25) is 0 Å². The molecule has 0 spiro atoms. The quantitative estimate of drug-likeness (QED) is 0.384. The van der Waals surface area contributed by atoms with E-state index in [9.17, 15) is 0 Å². The second-order valence-electron chi connectivity index (χ2n) is 5.59. The number of aryl methyl sites for hydroxylation is 2. The van der Waals surface area contributed by atoms with Gasteiger partial charge in [-0.1, -0.05) is 0 Å². The molecular formula is C19H14BiNO. The topological polar surface area (TPSA) is 26.0 Å². The molecule has 2 nitrogen and oxygen atoms in total. The van der Waals surface area contributed by atoms with E-state index >= 15 is 0 Å². The maximum absolute atomic E-state index is 6.19. The monoisotopic (exact) mass is 481 g/mol. The molecule has 22 heavy (non-hydrogen) atoms. The Morgan fingerprint density at radius 3 is 2.59 bits per heavy atom. The number of aromatic nitrogens is 1. The molecule has 0 atom stereocenters. The summed E-state index contributed by atoms with van der Waals surface area (Å²) in [5.74, 6) is 0. The van der Waals surface area contributed by atoms with E-state index in [1.165, 1.54) is 52.2 Å². The third-order valence-corrected chi connectivity index (χ3v) is 4.87. The van der Waals surface area contributed by atoms with Crippen LogP contribution >= 0.6 is 0 Å². The number of para-hydroxylation sites is 1. The molecular weight excluding hydrogens is 467 g/mol. The molecule has 0 amide bonds. The zero-order chi connectivity index (χ0) is 15.3. The fourth-order valence-electron chi connectivity index (χ4n) is 3.04. The number of rotatable bonds is 1. The van der Waals surface area contributed by atoms with Gasteiger partial charge in [0, 0.05) is 0 Å². The van der Waals surface area contributed by atoms with Crippen molar-refractivity contribution >= 4 is 50.1 Å². The van der Waals surface area contributed by atoms with Gasteiger partial charge < -0.3 is 0 Å². The fourth-order valence-corrected chi connectivity index (χ4v) is 4.20. The van der Waals surface area contributed by atoms with Crippen LogP contribution in [-0.4, -0.2) is 29.7 Å². The minimum atomic E-state index is 0.944. The molecule has 0 bridgehead atoms. The number of hydrogen-bond donors (Lipinski definition) is 0. The first-order valence-electron chi connectivity index (χ1n) is 7.22. The Bertz CT molecular complexity index is 996. The van der Waals surface area contributed by atoms with E-state index in [2.05, 4.69) is 55.2 Å². The van der Waals surface area contributed by atoms with E-state index in [4.69, 9.17) is 4.42 Å². The Morgan fingerprint density at radius 2 is 1.77 bits per heavy atom. The van der Waals surface area contributed by atoms with Crippen LogP contribution in [0.1, 0.15) is 11.3 Å². The van der Waals surface area contributed by atoms with Crippen LogP contribution in [-0.2, 0) is 0 Å². The van der Waals surface area contributed by atoms with Gasteiger partial charge in [0.15, 0.2) is 0 Å². The third kappa shape index (κ3) is 2.16. The molecule has 0 saturated carbocycles. The molecule has 4 rings (SSSR count). The number of fused-ring (bicyclic) bond motifs is 3. The first-order valence-corrected chi connectivity index (χ1v) is 8.96. The van der Waals surface area contributed by atoms with Crippen LogP contribution in [0.3, 0.4) is 0 Å². The molecule has 3 heteroatoms. The van der Waals surface area contributed by atoms with Crippen LogP contribution in [0.5, 0.6) is 0 Å². The number of furan rings is 1. The number of pyridine rings is 1. The number of nitrogens with zero attached hydrogens (tertiary/aromatic N) is 1. The predicted molar refractivity (Wildman–Crippen MR) is 91.8 cm³/mol. The standard InChI is InChI=1S/C19H14NO.Bi/c1-12-7-8-16-15-5-3-4-6-17(15)21-19(16)18(12)14-9-10-20-13(2)11-14;/h3-9,11H,1-2H3;. The van der Waals surface area contributed by atoms with Crippen LogP contribution < -0.4 is 3.40 Å². The van der Waals surface area contributed by atoms with Crippen molar-refractivity contribution in [2.75, 3.05) is 0 Å². The van der Waals surface area contributed by atoms with Crippen molar-refractivity contribution in [3.05, 3.63) is 59.8 Å². The van der Waals surface area contributed by atoms with Crippen molar-refractivity contribution < 1.29 is 4.42 Å². The Balaban J connectivity index is 2.14. The fraction of sp³-hybridized carbons (Fsp3) is 0.105. The van der Waals surface area contributed by atoms with Crippen LogP contribution in [0.4, 0.5) is 0 Å². The zero-order valence-electron chi connectivity index (χ0n) is 12.4. The summed E-state index contributed by atoms with van der Waals surface area (Å²) in [7, 11) is 0. The zero-order valence-corrected chi connectivity index (χ0v) is 15.9. The van der Waals surface area contributed by atoms with Gasteiger partial charge in [-0.25, -0.2) is 0 Å². The molecule has 2 heterocycles. The average molecular weight is 481 g/mol. The first-order chi connectivity index (χ1) is 10.6. The summed E-state index contributed by atoms with van der Waals surface area (Å²) in [6.07, 6.45) is 0. The number of hydrogen-bond acceptors (Lipinski definition) is 2. The molecule has 0 N–H and O–H groups in total. The van der Waals surface area contributed by atoms with Gasteiger partial charge in [0.25, 0.3) is 0 Å². The summed E-state index contributed by atoms with van der Waals surface area (Å²) in [4.78, 5) is 4.53. The molecule has 0 saturated heterocycles. The van der Waals surface area contributed by atoms with Crippen molar-refractivity contribution in [2.45, 2.75) is 13.8 Å². The van der Waals surface area contributed by atoms with Crippen molar-refractivity contribution in [1.29, 1.82) is 0 Å². The van der Waals surface area contributed by atoms with Crippen LogP contribution in [0.15, 0.2) is 52.9 Å². The molecule has 2 radical (unpaired) electrons. The number of benzene rings is 2. The van der Waals surface area contributed by atoms with Crippen LogP contribution in [0.25, 0.3) is 33.1 Å². The Morgan fingerprint density at radius 1 is 0.955 bits per heavy atom. The minimum absolute atomic E-state index is 0.944. The van der Waals surface area contributed by atoms with E-state index in [1.54, 1.807) is 0 Å². The third-order valence-electron chi connectivity index (χ3n) is 3.98. The van der Waals surface area contributed by atoms with E-state index in [0.717, 1.165) is 20.3 Å². The average Bonchev–Trinajstić information content (AvgIpc) is 2.84. The summed E-state index contributed by atoms with van der Waals surface area (Å²) in [5, 5.41) is 2.35. The normalized spacial score (nSPS) is 11.4. The molecule has 2 aromatic heterocycles. The summed E-state index contributed by atoms with van der Waals surface area (Å²) >= 11 is 1.17. The maximum atomic E-state index is 6.19. The van der Waals surface area contributed by atoms with Gasteiger partial charge in [0.2, 0.25) is 0 Å². The van der Waals surface area contributed by atoms with Crippen molar-refractivity contribution in [1.82, 2.24) is 4.98 Å². The van der Waals surface area contributed by atoms with E-state index in [1.807, 2.05) is 12.1 Å². The Kier molecular flexibility index (Phi) is 3.27. The predicted octanol–water partition coefficient (Wildman–Crippen LogP) is 4.06. The molecule has 106 valence electrons. The molecule has 0 aliphatic rings. The summed E-state index contributed by atoms with van der Waals surface area (Å²) < 4.78 is 7.33. The molecule has 4 aromatic rings. The van der Waals surface area contributed by atoms with Crippen molar-refractivity contribution in [3.63, 3.8) is 0 Å². The molecule has 0 unspecified atom stereocenters. The van der Waals surface area contributed by atoms with Crippen molar-refractivity contribution in [2.24, 2.45) is 0 Å². The van der Waals surface area contributed by atoms with Crippen LogP contribution in [0.2, 0.25) is 0 Å². The SMILES string of the molecule is Cc1cc(-c2c(C)ccc3c2oc2ccccc23)c[c]([Bi])n1. The van der Waals surface area contributed by atoms with Crippen LogP contribution in [0, 0.1) is 13.8 Å². The summed E-state index contributed by atoms with van der Waals surface area (Å²) in [6.45, 7) is 4.19. The molecule has 0 aliphatic heterocycles. The molecule has 2 aromatic carbocycles. The van der Waals surface area contributed by atoms with Gasteiger partial charge in [0.05, 0.1) is 0 Å².